The van der Waals surface area contributed by atoms with Crippen LogP contribution in [0.2, 0.25) is 0 Å². The Hall–Kier alpha value is -3.48. The molecule has 124 valence electrons. The molecule has 2 aromatic carbocycles. The number of likely N-dealkylation sites (N-methyl/N-ethyl adjacent to an activating group) is 1. The van der Waals surface area contributed by atoms with Gasteiger partial charge in [0, 0.05) is 7.05 Å². The zero-order valence-corrected chi connectivity index (χ0v) is 13.3. The lowest BCUT2D eigenvalue weighted by molar-refractivity contribution is -0.118. The number of amides is 3. The van der Waals surface area contributed by atoms with Crippen LogP contribution in [0.1, 0.15) is 20.7 Å². The van der Waals surface area contributed by atoms with Gasteiger partial charge >= 0.3 is 6.01 Å². The van der Waals surface area contributed by atoms with Crippen LogP contribution >= 0.6 is 0 Å². The minimum absolute atomic E-state index is 0.114. The predicted molar refractivity (Wildman–Crippen MR) is 89.2 cm³/mol. The average molecular weight is 335 g/mol. The highest BCUT2D eigenvalue weighted by Crippen LogP contribution is 2.24. The van der Waals surface area contributed by atoms with Gasteiger partial charge in [-0.05, 0) is 24.3 Å². The summed E-state index contributed by atoms with van der Waals surface area (Å²) in [6, 6.07) is 13.8. The number of para-hydroxylation sites is 2. The Morgan fingerprint density at radius 3 is 2.28 bits per heavy atom. The van der Waals surface area contributed by atoms with Gasteiger partial charge in [-0.3, -0.25) is 24.2 Å². The number of carbonyl (C=O) groups is 3. The summed E-state index contributed by atoms with van der Waals surface area (Å²) < 4.78 is 5.54. The molecule has 0 N–H and O–H groups in total. The highest BCUT2D eigenvalue weighted by atomic mass is 16.4. The highest BCUT2D eigenvalue weighted by molar-refractivity contribution is 6.22. The summed E-state index contributed by atoms with van der Waals surface area (Å²) in [7, 11) is 1.49. The summed E-state index contributed by atoms with van der Waals surface area (Å²) in [6.07, 6.45) is 0. The van der Waals surface area contributed by atoms with E-state index in [1.54, 1.807) is 42.5 Å². The van der Waals surface area contributed by atoms with Gasteiger partial charge < -0.3 is 4.42 Å². The molecule has 7 heteroatoms. The Morgan fingerprint density at radius 1 is 1.04 bits per heavy atom. The molecule has 0 saturated carbocycles. The monoisotopic (exact) mass is 335 g/mol. The quantitative estimate of drug-likeness (QED) is 0.684. The Labute approximate surface area is 142 Å². The molecule has 1 aliphatic rings. The highest BCUT2D eigenvalue weighted by Gasteiger charge is 2.37. The number of nitrogens with zero attached hydrogens (tertiary/aromatic N) is 3. The van der Waals surface area contributed by atoms with Crippen LogP contribution in [0.15, 0.2) is 52.9 Å². The largest absolute Gasteiger partial charge is 0.423 e. The normalized spacial score (nSPS) is 13.4. The van der Waals surface area contributed by atoms with E-state index in [4.69, 9.17) is 4.42 Å². The third-order valence-corrected chi connectivity index (χ3v) is 4.12. The Bertz CT molecular complexity index is 956. The zero-order chi connectivity index (χ0) is 17.6. The van der Waals surface area contributed by atoms with Crippen LogP contribution in [0.4, 0.5) is 6.01 Å². The Morgan fingerprint density at radius 2 is 1.64 bits per heavy atom. The molecule has 0 aliphatic carbocycles. The van der Waals surface area contributed by atoms with Crippen LogP contribution in [0.25, 0.3) is 11.1 Å². The summed E-state index contributed by atoms with van der Waals surface area (Å²) in [6.45, 7) is -0.373. The van der Waals surface area contributed by atoms with Crippen molar-refractivity contribution in [3.8, 4) is 0 Å². The summed E-state index contributed by atoms with van der Waals surface area (Å²) in [4.78, 5) is 43.5. The van der Waals surface area contributed by atoms with E-state index in [1.165, 1.54) is 11.9 Å². The van der Waals surface area contributed by atoms with Crippen molar-refractivity contribution in [1.29, 1.82) is 0 Å². The lowest BCUT2D eigenvalue weighted by atomic mass is 10.1. The molecule has 0 radical (unpaired) electrons. The van der Waals surface area contributed by atoms with Crippen LogP contribution in [0, 0.1) is 0 Å². The van der Waals surface area contributed by atoms with E-state index in [0.717, 1.165) is 4.90 Å². The van der Waals surface area contributed by atoms with Crippen LogP contribution < -0.4 is 4.90 Å². The number of imide groups is 1. The number of hydrogen-bond acceptors (Lipinski definition) is 5. The fourth-order valence-corrected chi connectivity index (χ4v) is 2.73. The molecule has 1 aromatic heterocycles. The van der Waals surface area contributed by atoms with Crippen LogP contribution in [-0.4, -0.2) is 41.2 Å². The van der Waals surface area contributed by atoms with Gasteiger partial charge in [0.15, 0.2) is 5.58 Å². The minimum Gasteiger partial charge on any atom is -0.423 e. The second-order valence-corrected chi connectivity index (χ2v) is 5.66. The lowest BCUT2D eigenvalue weighted by Gasteiger charge is -2.17. The summed E-state index contributed by atoms with van der Waals surface area (Å²) in [5, 5.41) is 0. The SMILES string of the molecule is CN(C(=O)CN1C(=O)c2ccccc2C1=O)c1nc2ccccc2o1. The second kappa shape index (κ2) is 5.55. The van der Waals surface area contributed by atoms with Gasteiger partial charge in [0.25, 0.3) is 11.8 Å². The molecule has 2 heterocycles. The minimum atomic E-state index is -0.472. The molecule has 0 atom stereocenters. The first kappa shape index (κ1) is 15.1. The van der Waals surface area contributed by atoms with E-state index >= 15 is 0 Å². The number of rotatable bonds is 3. The molecule has 0 saturated heterocycles. The van der Waals surface area contributed by atoms with Crippen molar-refractivity contribution >= 4 is 34.8 Å². The molecule has 3 amide bonds. The molecular formula is C18H13N3O4. The molecule has 1 aliphatic heterocycles. The van der Waals surface area contributed by atoms with E-state index < -0.39 is 17.7 Å². The van der Waals surface area contributed by atoms with Crippen molar-refractivity contribution < 1.29 is 18.8 Å². The number of hydrogen-bond donors (Lipinski definition) is 0. The maximum absolute atomic E-state index is 12.5. The molecule has 0 bridgehead atoms. The van der Waals surface area contributed by atoms with Crippen molar-refractivity contribution in [3.05, 3.63) is 59.7 Å². The Balaban J connectivity index is 1.56. The van der Waals surface area contributed by atoms with Gasteiger partial charge in [-0.1, -0.05) is 24.3 Å². The predicted octanol–water partition coefficient (Wildman–Crippen LogP) is 2.09. The van der Waals surface area contributed by atoms with Gasteiger partial charge in [-0.15, -0.1) is 0 Å². The van der Waals surface area contributed by atoms with Gasteiger partial charge in [0.2, 0.25) is 5.91 Å². The zero-order valence-electron chi connectivity index (χ0n) is 13.3. The van der Waals surface area contributed by atoms with Gasteiger partial charge in [0.05, 0.1) is 11.1 Å². The fourth-order valence-electron chi connectivity index (χ4n) is 2.73. The van der Waals surface area contributed by atoms with Crippen molar-refractivity contribution in [2.24, 2.45) is 0 Å². The third kappa shape index (κ3) is 2.37. The standard InChI is InChI=1S/C18H13N3O4/c1-20(18-19-13-8-4-5-9-14(13)25-18)15(22)10-21-16(23)11-6-2-3-7-12(11)17(21)24/h2-9H,10H2,1H3. The van der Waals surface area contributed by atoms with Crippen molar-refractivity contribution in [3.63, 3.8) is 0 Å². The third-order valence-electron chi connectivity index (χ3n) is 4.12. The number of anilines is 1. The van der Waals surface area contributed by atoms with Gasteiger partial charge in [-0.2, -0.15) is 4.98 Å². The first-order valence-corrected chi connectivity index (χ1v) is 7.63. The molecule has 0 fully saturated rings. The molecule has 0 unspecified atom stereocenters. The average Bonchev–Trinajstić information content (AvgIpc) is 3.17. The fraction of sp³-hybridized carbons (Fsp3) is 0.111. The number of benzene rings is 2. The maximum atomic E-state index is 12.5. The van der Waals surface area contributed by atoms with Crippen LogP contribution in [0.5, 0.6) is 0 Å². The van der Waals surface area contributed by atoms with E-state index in [1.807, 2.05) is 6.07 Å². The molecule has 25 heavy (non-hydrogen) atoms. The first-order chi connectivity index (χ1) is 12.1. The molecule has 7 nitrogen and oxygen atoms in total. The maximum Gasteiger partial charge on any atom is 0.305 e. The van der Waals surface area contributed by atoms with Crippen LogP contribution in [-0.2, 0) is 4.79 Å². The van der Waals surface area contributed by atoms with Gasteiger partial charge in [0.1, 0.15) is 12.1 Å². The van der Waals surface area contributed by atoms with Crippen LogP contribution in [0.3, 0.4) is 0 Å². The van der Waals surface area contributed by atoms with E-state index in [0.29, 0.717) is 22.2 Å². The summed E-state index contributed by atoms with van der Waals surface area (Å²) in [5.74, 6) is -1.42. The van der Waals surface area contributed by atoms with E-state index in [9.17, 15) is 14.4 Å². The van der Waals surface area contributed by atoms with Gasteiger partial charge in [-0.25, -0.2) is 0 Å². The number of aromatic nitrogens is 1. The first-order valence-electron chi connectivity index (χ1n) is 7.63. The Kier molecular flexibility index (Phi) is 3.35. The summed E-state index contributed by atoms with van der Waals surface area (Å²) in [5.41, 5.74) is 1.80. The number of oxazole rings is 1. The van der Waals surface area contributed by atoms with E-state index in [2.05, 4.69) is 4.98 Å². The number of carbonyl (C=O) groups excluding carboxylic acids is 3. The molecule has 3 aromatic rings. The topological polar surface area (TPSA) is 83.7 Å². The van der Waals surface area contributed by atoms with Crippen molar-refractivity contribution in [1.82, 2.24) is 9.88 Å². The molecule has 4 rings (SSSR count). The molecular weight excluding hydrogens is 322 g/mol. The lowest BCUT2D eigenvalue weighted by Crippen LogP contribution is -2.41. The smallest absolute Gasteiger partial charge is 0.305 e. The number of fused-ring (bicyclic) bond motifs is 2. The summed E-state index contributed by atoms with van der Waals surface area (Å²) >= 11 is 0. The van der Waals surface area contributed by atoms with Crippen molar-refractivity contribution in [2.45, 2.75) is 0 Å². The van der Waals surface area contributed by atoms with E-state index in [-0.39, 0.29) is 12.6 Å². The molecule has 0 spiro atoms. The van der Waals surface area contributed by atoms with Crippen molar-refractivity contribution in [2.75, 3.05) is 18.5 Å². The second-order valence-electron chi connectivity index (χ2n) is 5.66.